The number of phenolic OH excluding ortho intramolecular Hbond substituents is 1. The molecule has 4 aromatic rings. The van der Waals surface area contributed by atoms with Gasteiger partial charge in [0.2, 0.25) is 15.9 Å². The summed E-state index contributed by atoms with van der Waals surface area (Å²) in [6, 6.07) is 12.1. The third kappa shape index (κ3) is 5.09. The van der Waals surface area contributed by atoms with E-state index >= 15 is 0 Å². The van der Waals surface area contributed by atoms with Crippen LogP contribution in [0.1, 0.15) is 20.7 Å². The minimum absolute atomic E-state index is 0.0227. The summed E-state index contributed by atoms with van der Waals surface area (Å²) in [7, 11) is -0.311. The number of aromatic nitrogens is 2. The Morgan fingerprint density at radius 3 is 2.42 bits per heavy atom. The Hall–Kier alpha value is -4.46. The molecule has 0 bridgehead atoms. The molecular weight excluding hydrogens is 536 g/mol. The molecule has 2 amide bonds. The van der Waals surface area contributed by atoms with Crippen molar-refractivity contribution in [1.29, 1.82) is 0 Å². The number of nitrogens with two attached hydrogens (primary N) is 1. The van der Waals surface area contributed by atoms with E-state index in [0.717, 1.165) is 0 Å². The molecule has 1 aliphatic rings. The molecule has 12 nitrogen and oxygen atoms in total. The molecule has 2 aromatic heterocycles. The van der Waals surface area contributed by atoms with Crippen LogP contribution < -0.4 is 15.9 Å². The molecule has 13 heteroatoms. The molecule has 0 unspecified atom stereocenters. The number of likely N-dealkylation sites (N-methyl/N-ethyl adjacent to an activating group) is 1. The Bertz CT molecular complexity index is 1710. The molecule has 4 N–H and O–H groups in total. The number of primary amides is 1. The Morgan fingerprint density at radius 1 is 1.05 bits per heavy atom. The topological polar surface area (TPSA) is 160 Å². The number of pyridine rings is 1. The number of fused-ring (bicyclic) bond motifs is 1. The summed E-state index contributed by atoms with van der Waals surface area (Å²) in [5.41, 5.74) is 9.98. The first-order valence-electron chi connectivity index (χ1n) is 12.4. The number of nitrogens with zero attached hydrogens (tertiary/aromatic N) is 4. The fourth-order valence-corrected chi connectivity index (χ4v) is 5.92. The Kier molecular flexibility index (Phi) is 7.19. The van der Waals surface area contributed by atoms with E-state index in [9.17, 15) is 23.1 Å². The van der Waals surface area contributed by atoms with Crippen LogP contribution >= 0.6 is 0 Å². The molecule has 3 heterocycles. The van der Waals surface area contributed by atoms with E-state index < -0.39 is 21.8 Å². The maximum absolute atomic E-state index is 13.1. The van der Waals surface area contributed by atoms with E-state index in [1.807, 2.05) is 7.05 Å². The minimum atomic E-state index is -3.71. The van der Waals surface area contributed by atoms with E-state index in [1.165, 1.54) is 46.6 Å². The first-order chi connectivity index (χ1) is 19.1. The molecule has 0 radical (unpaired) electrons. The van der Waals surface area contributed by atoms with Crippen LogP contribution in [-0.4, -0.2) is 84.5 Å². The van der Waals surface area contributed by atoms with Gasteiger partial charge in [0.1, 0.15) is 16.4 Å². The van der Waals surface area contributed by atoms with Crippen LogP contribution in [0.25, 0.3) is 22.2 Å². The highest BCUT2D eigenvalue weighted by atomic mass is 32.2. The normalized spacial score (nSPS) is 14.8. The fourth-order valence-electron chi connectivity index (χ4n) is 4.55. The van der Waals surface area contributed by atoms with Crippen molar-refractivity contribution < 1.29 is 27.9 Å². The van der Waals surface area contributed by atoms with Gasteiger partial charge in [0, 0.05) is 61.2 Å². The second-order valence-electron chi connectivity index (χ2n) is 9.42. The second-order valence-corrected chi connectivity index (χ2v) is 11.4. The minimum Gasteiger partial charge on any atom is -0.507 e. The number of methoxy groups -OCH3 is 1. The van der Waals surface area contributed by atoms with E-state index in [-0.39, 0.29) is 21.8 Å². The highest BCUT2D eigenvalue weighted by molar-refractivity contribution is 7.89. The number of hydrogen-bond donors (Lipinski definition) is 3. The lowest BCUT2D eigenvalue weighted by atomic mass is 10.1. The van der Waals surface area contributed by atoms with Gasteiger partial charge < -0.3 is 20.5 Å². The van der Waals surface area contributed by atoms with E-state index in [1.54, 1.807) is 30.5 Å². The van der Waals surface area contributed by atoms with E-state index in [4.69, 9.17) is 10.5 Å². The molecule has 2 aromatic carbocycles. The monoisotopic (exact) mass is 564 g/mol. The van der Waals surface area contributed by atoms with Crippen LogP contribution in [0.5, 0.6) is 11.5 Å². The molecule has 0 atom stereocenters. The molecule has 1 saturated heterocycles. The lowest BCUT2D eigenvalue weighted by Gasteiger charge is -2.31. The van der Waals surface area contributed by atoms with Gasteiger partial charge in [-0.2, -0.15) is 4.31 Å². The summed E-state index contributed by atoms with van der Waals surface area (Å²) < 4.78 is 34.2. The number of amides is 2. The van der Waals surface area contributed by atoms with E-state index in [0.29, 0.717) is 54.1 Å². The molecule has 0 saturated carbocycles. The average Bonchev–Trinajstić information content (AvgIpc) is 3.30. The van der Waals surface area contributed by atoms with Gasteiger partial charge in [-0.15, -0.1) is 0 Å². The van der Waals surface area contributed by atoms with Gasteiger partial charge in [-0.05, 0) is 49.5 Å². The van der Waals surface area contributed by atoms with E-state index in [2.05, 4.69) is 15.3 Å². The average molecular weight is 565 g/mol. The number of rotatable bonds is 7. The molecule has 1 fully saturated rings. The lowest BCUT2D eigenvalue weighted by molar-refractivity contribution is 0.0994. The highest BCUT2D eigenvalue weighted by Gasteiger charge is 2.28. The van der Waals surface area contributed by atoms with Gasteiger partial charge >= 0.3 is 0 Å². The number of sulfonamides is 1. The number of hydrogen-bond acceptors (Lipinski definition) is 8. The molecule has 5 rings (SSSR count). The lowest BCUT2D eigenvalue weighted by Crippen LogP contribution is -2.47. The number of nitrogens with one attached hydrogen (secondary N) is 1. The van der Waals surface area contributed by atoms with Crippen LogP contribution in [0.2, 0.25) is 0 Å². The molecule has 0 spiro atoms. The first-order valence-corrected chi connectivity index (χ1v) is 13.8. The van der Waals surface area contributed by atoms with Crippen molar-refractivity contribution in [3.8, 4) is 22.8 Å². The van der Waals surface area contributed by atoms with Crippen molar-refractivity contribution in [3.63, 3.8) is 0 Å². The van der Waals surface area contributed by atoms with Crippen molar-refractivity contribution in [2.24, 2.45) is 5.73 Å². The molecule has 1 aliphatic heterocycles. The van der Waals surface area contributed by atoms with Crippen LogP contribution in [-0.2, 0) is 10.0 Å². The van der Waals surface area contributed by atoms with Crippen LogP contribution in [0, 0.1) is 0 Å². The number of aromatic hydroxyl groups is 1. The van der Waals surface area contributed by atoms with Crippen molar-refractivity contribution in [3.05, 3.63) is 72.1 Å². The fraction of sp³-hybridized carbons (Fsp3) is 0.222. The van der Waals surface area contributed by atoms with Crippen molar-refractivity contribution in [2.45, 2.75) is 4.90 Å². The van der Waals surface area contributed by atoms with Crippen LogP contribution in [0.4, 0.5) is 0 Å². The van der Waals surface area contributed by atoms with Crippen LogP contribution in [0.3, 0.4) is 0 Å². The quantitative estimate of drug-likeness (QED) is 0.307. The Balaban J connectivity index is 1.51. The van der Waals surface area contributed by atoms with Crippen LogP contribution in [0.15, 0.2) is 65.8 Å². The molecule has 208 valence electrons. The molecule has 0 aliphatic carbocycles. The summed E-state index contributed by atoms with van der Waals surface area (Å²) in [6.07, 6.45) is 2.91. The standard InChI is InChI=1S/C27H28N6O6S/c1-31-9-11-32(12-10-31)40(37,38)19-5-7-23(29-15-19)22-16-33(24-8-3-17(26(28)35)13-21(22)24)30-27(36)20-6-4-18(39-2)14-25(20)34/h3-8,13-16,34H,9-12H2,1-2H3,(H2,28,35)(H,30,36). The second kappa shape index (κ2) is 10.6. The number of benzene rings is 2. The largest absolute Gasteiger partial charge is 0.507 e. The predicted octanol–water partition coefficient (Wildman–Crippen LogP) is 1.84. The van der Waals surface area contributed by atoms with Gasteiger partial charge in [0.05, 0.1) is 23.9 Å². The smallest absolute Gasteiger partial charge is 0.273 e. The predicted molar refractivity (Wildman–Crippen MR) is 148 cm³/mol. The van der Waals surface area contributed by atoms with Gasteiger partial charge in [-0.3, -0.25) is 24.7 Å². The third-order valence-corrected chi connectivity index (χ3v) is 8.76. The third-order valence-electron chi connectivity index (χ3n) is 6.87. The number of phenols is 1. The zero-order valence-corrected chi connectivity index (χ0v) is 22.7. The van der Waals surface area contributed by atoms with Crippen molar-refractivity contribution >= 4 is 32.7 Å². The zero-order chi connectivity index (χ0) is 28.6. The first kappa shape index (κ1) is 27.1. The van der Waals surface area contributed by atoms with Gasteiger partial charge in [0.25, 0.3) is 5.91 Å². The molecular formula is C27H28N6O6S. The number of carbonyl (C=O) groups is 2. The summed E-state index contributed by atoms with van der Waals surface area (Å²) in [5.74, 6) is -1.09. The van der Waals surface area contributed by atoms with Gasteiger partial charge in [-0.25, -0.2) is 8.42 Å². The summed E-state index contributed by atoms with van der Waals surface area (Å²) >= 11 is 0. The zero-order valence-electron chi connectivity index (χ0n) is 21.9. The number of ether oxygens (including phenoxy) is 1. The van der Waals surface area contributed by atoms with Crippen molar-refractivity contribution in [2.75, 3.05) is 45.8 Å². The molecule has 40 heavy (non-hydrogen) atoms. The SMILES string of the molecule is COc1ccc(C(=O)Nn2cc(-c3ccc(S(=O)(=O)N4CCN(C)CC4)cn3)c3cc(C(N)=O)ccc32)c(O)c1. The Labute approximate surface area is 230 Å². The number of carbonyl (C=O) groups excluding carboxylic acids is 2. The van der Waals surface area contributed by atoms with Gasteiger partial charge in [-0.1, -0.05) is 0 Å². The summed E-state index contributed by atoms with van der Waals surface area (Å²) in [5, 5.41) is 10.9. The maximum Gasteiger partial charge on any atom is 0.273 e. The summed E-state index contributed by atoms with van der Waals surface area (Å²) in [6.45, 7) is 2.08. The summed E-state index contributed by atoms with van der Waals surface area (Å²) in [4.78, 5) is 31.5. The van der Waals surface area contributed by atoms with Crippen molar-refractivity contribution in [1.82, 2.24) is 18.9 Å². The van der Waals surface area contributed by atoms with Gasteiger partial charge in [0.15, 0.2) is 0 Å². The number of piperazine rings is 1. The Morgan fingerprint density at radius 2 is 1.80 bits per heavy atom. The highest BCUT2D eigenvalue weighted by Crippen LogP contribution is 2.31. The maximum atomic E-state index is 13.1.